The highest BCUT2D eigenvalue weighted by Crippen LogP contribution is 2.35. The fourth-order valence-corrected chi connectivity index (χ4v) is 3.14. The topological polar surface area (TPSA) is 38.9 Å². The first-order valence-corrected chi connectivity index (χ1v) is 6.99. The Kier molecular flexibility index (Phi) is 4.32. The van der Waals surface area contributed by atoms with Crippen LogP contribution in [-0.4, -0.2) is 4.98 Å². The van der Waals surface area contributed by atoms with Crippen molar-refractivity contribution in [1.29, 1.82) is 0 Å². The lowest BCUT2D eigenvalue weighted by molar-refractivity contribution is 0.631. The average Bonchev–Trinajstić information content (AvgIpc) is 2.72. The van der Waals surface area contributed by atoms with Gasteiger partial charge in [0.2, 0.25) is 0 Å². The minimum atomic E-state index is -0.345. The van der Waals surface area contributed by atoms with E-state index in [2.05, 4.69) is 11.9 Å². The zero-order chi connectivity index (χ0) is 13.1. The first-order chi connectivity index (χ1) is 8.67. The fraction of sp³-hybridized carbons (Fsp3) is 0.308. The summed E-state index contributed by atoms with van der Waals surface area (Å²) < 4.78 is 13.8. The summed E-state index contributed by atoms with van der Waals surface area (Å²) in [6, 6.07) is 4.65. The van der Waals surface area contributed by atoms with Crippen LogP contribution in [0.5, 0.6) is 0 Å². The van der Waals surface area contributed by atoms with E-state index in [0.29, 0.717) is 22.1 Å². The van der Waals surface area contributed by atoms with Gasteiger partial charge in [0.1, 0.15) is 10.8 Å². The molecule has 96 valence electrons. The van der Waals surface area contributed by atoms with Crippen molar-refractivity contribution in [2.75, 3.05) is 0 Å². The number of thiazole rings is 1. The normalized spacial score (nSPS) is 10.9. The molecule has 0 saturated carbocycles. The first-order valence-electron chi connectivity index (χ1n) is 5.80. The molecular weight excluding hydrogens is 271 g/mol. The van der Waals surface area contributed by atoms with Crippen molar-refractivity contribution < 1.29 is 4.39 Å². The molecule has 1 aromatic heterocycles. The molecule has 0 aliphatic heterocycles. The maximum atomic E-state index is 13.8. The van der Waals surface area contributed by atoms with Gasteiger partial charge in [-0.05, 0) is 18.6 Å². The molecule has 2 aromatic rings. The summed E-state index contributed by atoms with van der Waals surface area (Å²) in [5.41, 5.74) is 7.03. The minimum absolute atomic E-state index is 0.345. The molecule has 0 aliphatic rings. The minimum Gasteiger partial charge on any atom is -0.326 e. The maximum absolute atomic E-state index is 13.8. The Hall–Kier alpha value is -0.970. The molecule has 0 unspecified atom stereocenters. The Bertz CT molecular complexity index is 534. The van der Waals surface area contributed by atoms with Gasteiger partial charge in [-0.15, -0.1) is 11.3 Å². The Morgan fingerprint density at radius 3 is 2.83 bits per heavy atom. The molecule has 18 heavy (non-hydrogen) atoms. The summed E-state index contributed by atoms with van der Waals surface area (Å²) in [7, 11) is 0. The Labute approximate surface area is 115 Å². The lowest BCUT2D eigenvalue weighted by Crippen LogP contribution is -1.97. The lowest BCUT2D eigenvalue weighted by Gasteiger charge is -2.01. The predicted molar refractivity (Wildman–Crippen MR) is 74.4 cm³/mol. The van der Waals surface area contributed by atoms with Crippen LogP contribution in [0.1, 0.15) is 23.9 Å². The molecule has 0 bridgehead atoms. The van der Waals surface area contributed by atoms with E-state index in [0.717, 1.165) is 23.4 Å². The second-order valence-electron chi connectivity index (χ2n) is 3.94. The third kappa shape index (κ3) is 2.55. The summed E-state index contributed by atoms with van der Waals surface area (Å²) in [6.07, 6.45) is 1.84. The van der Waals surface area contributed by atoms with Crippen LogP contribution in [0.15, 0.2) is 18.2 Å². The summed E-state index contributed by atoms with van der Waals surface area (Å²) in [4.78, 5) is 5.48. The first kappa shape index (κ1) is 13.5. The van der Waals surface area contributed by atoms with E-state index in [4.69, 9.17) is 17.3 Å². The van der Waals surface area contributed by atoms with Crippen LogP contribution < -0.4 is 5.73 Å². The zero-order valence-electron chi connectivity index (χ0n) is 10.0. The largest absolute Gasteiger partial charge is 0.326 e. The molecule has 0 atom stereocenters. The average molecular weight is 285 g/mol. The van der Waals surface area contributed by atoms with Gasteiger partial charge < -0.3 is 5.73 Å². The molecule has 1 aromatic carbocycles. The molecule has 0 saturated heterocycles. The monoisotopic (exact) mass is 284 g/mol. The third-order valence-electron chi connectivity index (χ3n) is 2.63. The molecule has 2 N–H and O–H groups in total. The SMILES string of the molecule is CCCc1nc(-c2c(F)cccc2Cl)sc1CN. The zero-order valence-corrected chi connectivity index (χ0v) is 11.6. The number of aryl methyl sites for hydroxylation is 1. The number of hydrogen-bond donors (Lipinski definition) is 1. The molecule has 0 fully saturated rings. The molecule has 1 heterocycles. The van der Waals surface area contributed by atoms with Crippen molar-refractivity contribution in [2.24, 2.45) is 5.73 Å². The summed E-state index contributed by atoms with van der Waals surface area (Å²) in [6.45, 7) is 2.51. The highest BCUT2D eigenvalue weighted by molar-refractivity contribution is 7.15. The van der Waals surface area contributed by atoms with Crippen molar-refractivity contribution in [3.05, 3.63) is 39.6 Å². The van der Waals surface area contributed by atoms with Crippen molar-refractivity contribution in [3.63, 3.8) is 0 Å². The number of hydrogen-bond acceptors (Lipinski definition) is 3. The van der Waals surface area contributed by atoms with Crippen molar-refractivity contribution in [3.8, 4) is 10.6 Å². The molecule has 5 heteroatoms. The van der Waals surface area contributed by atoms with Crippen molar-refractivity contribution in [2.45, 2.75) is 26.3 Å². The number of nitrogens with two attached hydrogens (primary N) is 1. The third-order valence-corrected chi connectivity index (χ3v) is 4.08. The van der Waals surface area contributed by atoms with E-state index < -0.39 is 0 Å². The number of benzene rings is 1. The Balaban J connectivity index is 2.51. The fourth-order valence-electron chi connectivity index (χ4n) is 1.78. The Morgan fingerprint density at radius 1 is 1.44 bits per heavy atom. The molecule has 2 nitrogen and oxygen atoms in total. The second-order valence-corrected chi connectivity index (χ2v) is 5.43. The summed E-state index contributed by atoms with van der Waals surface area (Å²) in [5, 5.41) is 0.998. The molecule has 0 amide bonds. The van der Waals surface area contributed by atoms with Crippen LogP contribution in [0.3, 0.4) is 0 Å². The Morgan fingerprint density at radius 2 is 2.22 bits per heavy atom. The highest BCUT2D eigenvalue weighted by Gasteiger charge is 2.16. The van der Waals surface area contributed by atoms with Crippen molar-refractivity contribution >= 4 is 22.9 Å². The van der Waals surface area contributed by atoms with Crippen molar-refractivity contribution in [1.82, 2.24) is 4.98 Å². The van der Waals surface area contributed by atoms with E-state index in [1.54, 1.807) is 12.1 Å². The van der Waals surface area contributed by atoms with Crippen LogP contribution >= 0.6 is 22.9 Å². The lowest BCUT2D eigenvalue weighted by atomic mass is 10.2. The van der Waals surface area contributed by atoms with E-state index in [1.807, 2.05) is 0 Å². The molecule has 2 rings (SSSR count). The quantitative estimate of drug-likeness (QED) is 0.921. The maximum Gasteiger partial charge on any atom is 0.134 e. The smallest absolute Gasteiger partial charge is 0.134 e. The van der Waals surface area contributed by atoms with Gasteiger partial charge in [-0.25, -0.2) is 9.37 Å². The summed E-state index contributed by atoms with van der Waals surface area (Å²) in [5.74, 6) is -0.345. The number of rotatable bonds is 4. The highest BCUT2D eigenvalue weighted by atomic mass is 35.5. The number of aromatic nitrogens is 1. The number of halogens is 2. The van der Waals surface area contributed by atoms with E-state index in [9.17, 15) is 4.39 Å². The van der Waals surface area contributed by atoms with Gasteiger partial charge in [0, 0.05) is 11.4 Å². The van der Waals surface area contributed by atoms with Crippen LogP contribution in [-0.2, 0) is 13.0 Å². The van der Waals surface area contributed by atoms with Gasteiger partial charge in [0.25, 0.3) is 0 Å². The van der Waals surface area contributed by atoms with Crippen LogP contribution in [0.4, 0.5) is 4.39 Å². The van der Waals surface area contributed by atoms with E-state index in [1.165, 1.54) is 17.4 Å². The van der Waals surface area contributed by atoms with E-state index >= 15 is 0 Å². The van der Waals surface area contributed by atoms with Gasteiger partial charge in [0.05, 0.1) is 16.3 Å². The molecule has 0 aliphatic carbocycles. The van der Waals surface area contributed by atoms with Crippen LogP contribution in [0.2, 0.25) is 5.02 Å². The van der Waals surface area contributed by atoms with Gasteiger partial charge in [-0.3, -0.25) is 0 Å². The van der Waals surface area contributed by atoms with Gasteiger partial charge in [-0.1, -0.05) is 31.0 Å². The van der Waals surface area contributed by atoms with Gasteiger partial charge in [-0.2, -0.15) is 0 Å². The van der Waals surface area contributed by atoms with E-state index in [-0.39, 0.29) is 5.82 Å². The van der Waals surface area contributed by atoms with Crippen LogP contribution in [0, 0.1) is 5.82 Å². The molecular formula is C13H14ClFN2S. The number of nitrogens with zero attached hydrogens (tertiary/aromatic N) is 1. The molecule has 0 radical (unpaired) electrons. The predicted octanol–water partition coefficient (Wildman–Crippen LogP) is 4.01. The molecule has 0 spiro atoms. The van der Waals surface area contributed by atoms with Crippen LogP contribution in [0.25, 0.3) is 10.6 Å². The van der Waals surface area contributed by atoms with Gasteiger partial charge in [0.15, 0.2) is 0 Å². The van der Waals surface area contributed by atoms with Gasteiger partial charge >= 0.3 is 0 Å². The standard InChI is InChI=1S/C13H14ClFN2S/c1-2-4-10-11(7-16)18-13(17-10)12-8(14)5-3-6-9(12)15/h3,5-6H,2,4,7,16H2,1H3. The second kappa shape index (κ2) is 5.78. The summed E-state index contributed by atoms with van der Waals surface area (Å²) >= 11 is 7.46.